The number of aliphatic hydroxyl groups is 3. The van der Waals surface area contributed by atoms with Gasteiger partial charge in [-0.15, -0.1) is 5.92 Å². The first-order valence-electron chi connectivity index (χ1n) is 15.7. The second kappa shape index (κ2) is 15.8. The second-order valence-corrected chi connectivity index (χ2v) is 13.3. The van der Waals surface area contributed by atoms with Gasteiger partial charge < -0.3 is 41.7 Å². The Kier molecular flexibility index (Phi) is 13.2. The van der Waals surface area contributed by atoms with E-state index in [-0.39, 0.29) is 42.1 Å². The van der Waals surface area contributed by atoms with Gasteiger partial charge in [-0.2, -0.15) is 0 Å². The van der Waals surface area contributed by atoms with E-state index in [0.717, 1.165) is 77.2 Å². The highest BCUT2D eigenvalue weighted by Crippen LogP contribution is 2.28. The van der Waals surface area contributed by atoms with Gasteiger partial charge in [-0.25, -0.2) is 0 Å². The minimum absolute atomic E-state index is 0.0897. The highest BCUT2D eigenvalue weighted by atomic mass is 16.4. The lowest BCUT2D eigenvalue weighted by Gasteiger charge is -2.41. The summed E-state index contributed by atoms with van der Waals surface area (Å²) in [5.74, 6) is 6.36. The Morgan fingerprint density at radius 1 is 1.20 bits per heavy atom. The number of fused-ring (bicyclic) bond motifs is 2. The van der Waals surface area contributed by atoms with Crippen LogP contribution in [0.2, 0.25) is 0 Å². The summed E-state index contributed by atoms with van der Waals surface area (Å²) in [6.45, 7) is 7.73. The molecule has 2 fully saturated rings. The first-order valence-corrected chi connectivity index (χ1v) is 15.7. The van der Waals surface area contributed by atoms with Gasteiger partial charge >= 0.3 is 5.97 Å². The largest absolute Gasteiger partial charge is 0.481 e. The maximum absolute atomic E-state index is 11.6. The molecule has 0 aliphatic carbocycles. The lowest BCUT2D eigenvalue weighted by molar-refractivity contribution is -0.143. The minimum atomic E-state index is -1.26. The fourth-order valence-corrected chi connectivity index (χ4v) is 6.69. The smallest absolute Gasteiger partial charge is 0.306 e. The fraction of sp³-hybridized carbons (Fsp3) is 0.903. The molecule has 3 heterocycles. The Morgan fingerprint density at radius 2 is 2.00 bits per heavy atom. The third-order valence-electron chi connectivity index (χ3n) is 9.25. The predicted molar refractivity (Wildman–Crippen MR) is 158 cm³/mol. The van der Waals surface area contributed by atoms with Crippen molar-refractivity contribution in [3.8, 4) is 11.8 Å². The van der Waals surface area contributed by atoms with Crippen molar-refractivity contribution in [1.29, 1.82) is 0 Å². The van der Waals surface area contributed by atoms with Crippen LogP contribution in [0.25, 0.3) is 0 Å². The highest BCUT2D eigenvalue weighted by Gasteiger charge is 2.36. The Balaban J connectivity index is 1.66. The topological polar surface area (TPSA) is 146 Å². The number of carboxylic acid groups (broad SMARTS) is 1. The number of aliphatic hydroxyl groups excluding tert-OH is 2. The molecule has 0 amide bonds. The molecule has 9 heteroatoms. The van der Waals surface area contributed by atoms with E-state index in [4.69, 9.17) is 0 Å². The summed E-state index contributed by atoms with van der Waals surface area (Å²) in [6.07, 6.45) is 9.30. The quantitative estimate of drug-likeness (QED) is 0.186. The summed E-state index contributed by atoms with van der Waals surface area (Å²) in [5.41, 5.74) is -1.41. The van der Waals surface area contributed by atoms with Crippen molar-refractivity contribution in [2.75, 3.05) is 19.6 Å². The van der Waals surface area contributed by atoms with Gasteiger partial charge in [-0.1, -0.05) is 18.8 Å². The Hall–Kier alpha value is -1.25. The zero-order chi connectivity index (χ0) is 29.2. The average Bonchev–Trinajstić information content (AvgIpc) is 2.88. The first-order chi connectivity index (χ1) is 19.0. The number of hydrogen-bond acceptors (Lipinski definition) is 8. The molecule has 3 rings (SSSR count). The van der Waals surface area contributed by atoms with Gasteiger partial charge in [0, 0.05) is 55.1 Å². The Bertz CT molecular complexity index is 847. The molecule has 0 radical (unpaired) electrons. The van der Waals surface area contributed by atoms with E-state index in [1.54, 1.807) is 6.92 Å². The van der Waals surface area contributed by atoms with Gasteiger partial charge in [0.2, 0.25) is 0 Å². The van der Waals surface area contributed by atoms with Crippen LogP contribution in [0.3, 0.4) is 0 Å². The molecule has 2 saturated heterocycles. The molecule has 0 aromatic heterocycles. The third-order valence-corrected chi connectivity index (χ3v) is 9.25. The Morgan fingerprint density at radius 3 is 2.73 bits per heavy atom. The van der Waals surface area contributed by atoms with Crippen LogP contribution in [0.1, 0.15) is 104 Å². The number of carboxylic acids is 1. The molecule has 0 saturated carbocycles. The van der Waals surface area contributed by atoms with E-state index in [9.17, 15) is 25.2 Å². The van der Waals surface area contributed by atoms with Crippen molar-refractivity contribution in [2.45, 2.75) is 152 Å². The van der Waals surface area contributed by atoms with Crippen LogP contribution in [-0.4, -0.2) is 93.5 Å². The molecule has 3 aliphatic rings. The van der Waals surface area contributed by atoms with E-state index < -0.39 is 17.7 Å². The van der Waals surface area contributed by atoms with E-state index in [0.29, 0.717) is 25.6 Å². The lowest BCUT2D eigenvalue weighted by atomic mass is 9.82. The zero-order valence-electron chi connectivity index (χ0n) is 25.1. The second-order valence-electron chi connectivity index (χ2n) is 13.3. The highest BCUT2D eigenvalue weighted by molar-refractivity contribution is 5.68. The molecular formula is C31H56N4O5. The van der Waals surface area contributed by atoms with Crippen LogP contribution in [0.4, 0.5) is 0 Å². The summed E-state index contributed by atoms with van der Waals surface area (Å²) in [4.78, 5) is 11.6. The molecule has 230 valence electrons. The maximum Gasteiger partial charge on any atom is 0.306 e. The van der Waals surface area contributed by atoms with Gasteiger partial charge in [0.25, 0.3) is 0 Å². The van der Waals surface area contributed by atoms with Gasteiger partial charge in [-0.05, 0) is 85.1 Å². The van der Waals surface area contributed by atoms with Gasteiger partial charge in [0.05, 0.1) is 24.2 Å². The average molecular weight is 565 g/mol. The molecule has 9 atom stereocenters. The normalized spacial score (nSPS) is 37.4. The van der Waals surface area contributed by atoms with Gasteiger partial charge in [0.1, 0.15) is 0 Å². The maximum atomic E-state index is 11.6. The van der Waals surface area contributed by atoms with Gasteiger partial charge in [0.15, 0.2) is 0 Å². The SMILES string of the molecule is C[C@H](O)CN[C@H](CC[C@H]1C#CC[C@@H]2C[C@@](C)(CCN2)NC[C@](O)(CC(=O)O)CCCC1)C[C@@H]1CC[C@@H](O)[C@H](C)N1. The van der Waals surface area contributed by atoms with Crippen LogP contribution in [-0.2, 0) is 4.79 Å². The molecule has 2 bridgehead atoms. The van der Waals surface area contributed by atoms with Crippen LogP contribution in [0.15, 0.2) is 0 Å². The first kappa shape index (κ1) is 33.3. The predicted octanol–water partition coefficient (Wildman–Crippen LogP) is 1.89. The summed E-state index contributed by atoms with van der Waals surface area (Å²) in [7, 11) is 0. The van der Waals surface area contributed by atoms with Crippen LogP contribution in [0, 0.1) is 17.8 Å². The molecule has 0 aromatic carbocycles. The van der Waals surface area contributed by atoms with Crippen molar-refractivity contribution in [3.63, 3.8) is 0 Å². The molecule has 0 aromatic rings. The van der Waals surface area contributed by atoms with Crippen LogP contribution < -0.4 is 21.3 Å². The van der Waals surface area contributed by atoms with Crippen LogP contribution >= 0.6 is 0 Å². The number of rotatable bonds is 10. The van der Waals surface area contributed by atoms with E-state index >= 15 is 0 Å². The minimum Gasteiger partial charge on any atom is -0.481 e. The van der Waals surface area contributed by atoms with Gasteiger partial charge in [-0.3, -0.25) is 4.79 Å². The monoisotopic (exact) mass is 564 g/mol. The number of hydrogen-bond donors (Lipinski definition) is 8. The molecule has 9 nitrogen and oxygen atoms in total. The van der Waals surface area contributed by atoms with Crippen LogP contribution in [0.5, 0.6) is 0 Å². The fourth-order valence-electron chi connectivity index (χ4n) is 6.69. The number of piperidine rings is 2. The van der Waals surface area contributed by atoms with E-state index in [2.05, 4.69) is 40.0 Å². The summed E-state index contributed by atoms with van der Waals surface area (Å²) >= 11 is 0. The molecule has 8 N–H and O–H groups in total. The number of β-amino-alcohol motifs (C(OH)–C–C–N with tert-alkyl or cyclic N) is 1. The van der Waals surface area contributed by atoms with Crippen molar-refractivity contribution < 1.29 is 25.2 Å². The van der Waals surface area contributed by atoms with Crippen molar-refractivity contribution >= 4 is 5.97 Å². The Labute approximate surface area is 241 Å². The molecule has 40 heavy (non-hydrogen) atoms. The van der Waals surface area contributed by atoms with Crippen molar-refractivity contribution in [2.24, 2.45) is 5.92 Å². The number of nitrogens with one attached hydrogen (secondary N) is 4. The zero-order valence-corrected chi connectivity index (χ0v) is 25.1. The summed E-state index contributed by atoms with van der Waals surface area (Å²) in [6, 6.07) is 0.945. The van der Waals surface area contributed by atoms with E-state index in [1.165, 1.54) is 0 Å². The molecule has 0 unspecified atom stereocenters. The van der Waals surface area contributed by atoms with Crippen molar-refractivity contribution in [3.05, 3.63) is 0 Å². The molecule has 0 spiro atoms. The standard InChI is InChI=1S/C31H56N4O5/c1-22(36)20-33-25(17-26-12-13-28(37)23(2)35-26)11-10-24-7-4-5-14-31(40,19-29(38)39)21-34-30(3)15-16-32-27(18-30)9-6-8-24/h22-28,32-37,40H,4-5,7,9-21H2,1-3H3,(H,38,39)/t22-,23-,24+,25+,26-,27+,28+,30+,31+/m0/s1. The van der Waals surface area contributed by atoms with Crippen molar-refractivity contribution in [1.82, 2.24) is 21.3 Å². The molecule has 3 aliphatic heterocycles. The third kappa shape index (κ3) is 11.6. The molecular weight excluding hydrogens is 508 g/mol. The lowest BCUT2D eigenvalue weighted by Crippen LogP contribution is -2.57. The summed E-state index contributed by atoms with van der Waals surface area (Å²) < 4.78 is 0. The summed E-state index contributed by atoms with van der Waals surface area (Å²) in [5, 5.41) is 55.0. The number of carbonyl (C=O) groups is 1. The van der Waals surface area contributed by atoms with E-state index in [1.807, 2.05) is 6.92 Å². The number of aliphatic carboxylic acids is 1.